The highest BCUT2D eigenvalue weighted by Gasteiger charge is 2.26. The summed E-state index contributed by atoms with van der Waals surface area (Å²) in [5.74, 6) is 0.416. The molecule has 1 atom stereocenters. The number of hydrogen-bond donors (Lipinski definition) is 3. The van der Waals surface area contributed by atoms with Crippen LogP contribution < -0.4 is 20.7 Å². The number of carbonyl (C=O) groups is 2. The van der Waals surface area contributed by atoms with Crippen LogP contribution in [0.25, 0.3) is 22.5 Å². The summed E-state index contributed by atoms with van der Waals surface area (Å²) in [4.78, 5) is 41.0. The molecule has 3 aromatic heterocycles. The van der Waals surface area contributed by atoms with E-state index < -0.39 is 5.91 Å². The van der Waals surface area contributed by atoms with E-state index in [2.05, 4.69) is 30.8 Å². The Morgan fingerprint density at radius 2 is 1.98 bits per heavy atom. The molecule has 1 saturated heterocycles. The number of alkyl halides is 1. The highest BCUT2D eigenvalue weighted by molar-refractivity contribution is 6.39. The van der Waals surface area contributed by atoms with Gasteiger partial charge in [-0.1, -0.05) is 41.4 Å². The fourth-order valence-electron chi connectivity index (χ4n) is 6.18. The number of carbonyl (C=O) groups excluding carboxylic acids is 2. The van der Waals surface area contributed by atoms with Crippen LogP contribution in [-0.4, -0.2) is 75.7 Å². The van der Waals surface area contributed by atoms with Crippen LogP contribution in [0.3, 0.4) is 0 Å². The monoisotopic (exact) mass is 694 g/mol. The number of halogens is 3. The summed E-state index contributed by atoms with van der Waals surface area (Å²) < 4.78 is 20.1. The number of hydrogen-bond acceptors (Lipinski definition) is 8. The van der Waals surface area contributed by atoms with E-state index in [1.54, 1.807) is 42.1 Å². The maximum atomic E-state index is 13.4. The number of aromatic nitrogens is 4. The summed E-state index contributed by atoms with van der Waals surface area (Å²) in [6.07, 6.45) is 4.18. The number of fused-ring (bicyclic) bond motifs is 1. The van der Waals surface area contributed by atoms with Crippen LogP contribution in [0.4, 0.5) is 10.1 Å². The van der Waals surface area contributed by atoms with Gasteiger partial charge in [0.1, 0.15) is 0 Å². The van der Waals surface area contributed by atoms with E-state index in [0.29, 0.717) is 84.5 Å². The topological polar surface area (TPSA) is 126 Å². The first-order valence-corrected chi connectivity index (χ1v) is 16.6. The molecule has 2 amide bonds. The molecule has 0 bridgehead atoms. The molecule has 1 unspecified atom stereocenters. The molecular weight excluding hydrogens is 658 g/mol. The van der Waals surface area contributed by atoms with E-state index in [9.17, 15) is 14.0 Å². The van der Waals surface area contributed by atoms with E-state index >= 15 is 0 Å². The number of rotatable bonds is 12. The Kier molecular flexibility index (Phi) is 10.5. The number of anilines is 1. The van der Waals surface area contributed by atoms with Gasteiger partial charge in [-0.2, -0.15) is 0 Å². The van der Waals surface area contributed by atoms with Crippen molar-refractivity contribution in [2.24, 2.45) is 7.05 Å². The predicted molar refractivity (Wildman–Crippen MR) is 183 cm³/mol. The fraction of sp³-hybridized carbons (Fsp3) is 0.382. The van der Waals surface area contributed by atoms with E-state index in [-0.39, 0.29) is 29.5 Å². The van der Waals surface area contributed by atoms with Crippen molar-refractivity contribution in [1.82, 2.24) is 35.1 Å². The maximum Gasteiger partial charge on any atom is 0.291 e. The summed E-state index contributed by atoms with van der Waals surface area (Å²) >= 11 is 13.8. The average molecular weight is 696 g/mol. The van der Waals surface area contributed by atoms with Gasteiger partial charge >= 0.3 is 0 Å². The van der Waals surface area contributed by atoms with Crippen molar-refractivity contribution in [3.8, 4) is 28.4 Å². The molecule has 6 rings (SSSR count). The third kappa shape index (κ3) is 7.17. The maximum absolute atomic E-state index is 13.4. The van der Waals surface area contributed by atoms with E-state index in [1.165, 1.54) is 0 Å². The Hall–Kier alpha value is -4.10. The first kappa shape index (κ1) is 33.8. The zero-order chi connectivity index (χ0) is 33.8. The van der Waals surface area contributed by atoms with Crippen LogP contribution in [0.1, 0.15) is 46.8 Å². The number of amides is 2. The molecule has 0 spiro atoms. The van der Waals surface area contributed by atoms with Gasteiger partial charge in [-0.15, -0.1) is 0 Å². The van der Waals surface area contributed by atoms with Crippen molar-refractivity contribution in [3.05, 3.63) is 75.4 Å². The second kappa shape index (κ2) is 15.0. The van der Waals surface area contributed by atoms with Gasteiger partial charge in [0, 0.05) is 81.5 Å². The number of benzene rings is 1. The lowest BCUT2D eigenvalue weighted by Gasteiger charge is -2.26. The molecule has 1 aromatic carbocycles. The zero-order valence-corrected chi connectivity index (χ0v) is 28.3. The van der Waals surface area contributed by atoms with Gasteiger partial charge in [-0.3, -0.25) is 23.9 Å². The Labute approximate surface area is 288 Å². The SMILES string of the molecule is COc1nc(-c2ccnc(-c3cccc(NC(=O)c4nc5c(n4C)CN(CCCF)CC5)c3Cl)c2Cl)ccc1CNCC1CCC(=O)N1. The Balaban J connectivity index is 1.19. The third-order valence-corrected chi connectivity index (χ3v) is 9.53. The Morgan fingerprint density at radius 1 is 1.12 bits per heavy atom. The van der Waals surface area contributed by atoms with Gasteiger partial charge in [0.2, 0.25) is 11.8 Å². The summed E-state index contributed by atoms with van der Waals surface area (Å²) in [5, 5.41) is 9.85. The van der Waals surface area contributed by atoms with Crippen molar-refractivity contribution in [1.29, 1.82) is 0 Å². The molecule has 2 aliphatic rings. The van der Waals surface area contributed by atoms with Gasteiger partial charge < -0.3 is 25.3 Å². The van der Waals surface area contributed by atoms with Crippen LogP contribution in [-0.2, 0) is 31.4 Å². The second-order valence-corrected chi connectivity index (χ2v) is 12.7. The second-order valence-electron chi connectivity index (χ2n) is 11.9. The third-order valence-electron chi connectivity index (χ3n) is 8.74. The lowest BCUT2D eigenvalue weighted by atomic mass is 10.1. The van der Waals surface area contributed by atoms with Crippen LogP contribution in [0.2, 0.25) is 10.0 Å². The first-order chi connectivity index (χ1) is 23.3. The molecule has 11 nitrogen and oxygen atoms in total. The number of pyridine rings is 2. The standard InChI is InChI=1S/C34H37Cl2FN8O3/c1-44-27-19-45(15-4-13-37)16-12-25(27)41-32(44)33(47)42-26-6-3-5-23(29(26)35)31-30(36)22(11-14-39-31)24-9-7-20(34(43-24)48-2)17-38-18-21-8-10-28(46)40-21/h3,5-7,9,11,14,21,38H,4,8,10,12-13,15-19H2,1-2H3,(H,40,46)(H,42,47). The van der Waals surface area contributed by atoms with Crippen molar-refractivity contribution < 1.29 is 18.7 Å². The minimum Gasteiger partial charge on any atom is -0.481 e. The van der Waals surface area contributed by atoms with Crippen molar-refractivity contribution in [3.63, 3.8) is 0 Å². The Morgan fingerprint density at radius 3 is 2.75 bits per heavy atom. The lowest BCUT2D eigenvalue weighted by molar-refractivity contribution is -0.119. The minimum absolute atomic E-state index is 0.0831. The summed E-state index contributed by atoms with van der Waals surface area (Å²) in [7, 11) is 3.38. The highest BCUT2D eigenvalue weighted by atomic mass is 35.5. The van der Waals surface area contributed by atoms with Crippen LogP contribution >= 0.6 is 23.2 Å². The number of nitrogens with one attached hydrogen (secondary N) is 3. The Bertz CT molecular complexity index is 1830. The number of ether oxygens (including phenoxy) is 1. The van der Waals surface area contributed by atoms with Crippen LogP contribution in [0.15, 0.2) is 42.6 Å². The summed E-state index contributed by atoms with van der Waals surface area (Å²) in [6, 6.07) is 11.0. The fourth-order valence-corrected chi connectivity index (χ4v) is 6.75. The molecule has 1 fully saturated rings. The molecule has 48 heavy (non-hydrogen) atoms. The van der Waals surface area contributed by atoms with E-state index in [0.717, 1.165) is 29.9 Å². The molecule has 2 aliphatic heterocycles. The molecule has 0 radical (unpaired) electrons. The van der Waals surface area contributed by atoms with E-state index in [4.69, 9.17) is 32.9 Å². The molecule has 0 saturated carbocycles. The molecule has 4 aromatic rings. The smallest absolute Gasteiger partial charge is 0.291 e. The van der Waals surface area contributed by atoms with Gasteiger partial charge in [-0.25, -0.2) is 9.97 Å². The van der Waals surface area contributed by atoms with Gasteiger partial charge in [-0.05, 0) is 31.0 Å². The van der Waals surface area contributed by atoms with Gasteiger partial charge in [0.15, 0.2) is 5.82 Å². The largest absolute Gasteiger partial charge is 0.481 e. The molecular formula is C34H37Cl2FN8O3. The van der Waals surface area contributed by atoms with Gasteiger partial charge in [0.25, 0.3) is 5.91 Å². The predicted octanol–water partition coefficient (Wildman–Crippen LogP) is 5.20. The van der Waals surface area contributed by atoms with Crippen molar-refractivity contribution >= 4 is 40.7 Å². The molecule has 14 heteroatoms. The van der Waals surface area contributed by atoms with Crippen molar-refractivity contribution in [2.75, 3.05) is 38.7 Å². The molecule has 5 heterocycles. The minimum atomic E-state index is -0.395. The molecule has 0 aliphatic carbocycles. The van der Waals surface area contributed by atoms with Crippen LogP contribution in [0, 0.1) is 0 Å². The number of methoxy groups -OCH3 is 1. The van der Waals surface area contributed by atoms with Crippen LogP contribution in [0.5, 0.6) is 5.88 Å². The quantitative estimate of drug-likeness (QED) is 0.185. The van der Waals surface area contributed by atoms with Crippen molar-refractivity contribution in [2.45, 2.75) is 44.8 Å². The molecule has 252 valence electrons. The number of nitrogens with zero attached hydrogens (tertiary/aromatic N) is 5. The normalized spacial score (nSPS) is 16.1. The van der Waals surface area contributed by atoms with E-state index in [1.807, 2.05) is 19.2 Å². The lowest BCUT2D eigenvalue weighted by Crippen LogP contribution is -2.35. The first-order valence-electron chi connectivity index (χ1n) is 15.9. The molecule has 3 N–H and O–H groups in total. The summed E-state index contributed by atoms with van der Waals surface area (Å²) in [5.41, 5.74) is 5.28. The zero-order valence-electron chi connectivity index (χ0n) is 26.8. The average Bonchev–Trinajstić information content (AvgIpc) is 3.66. The number of imidazole rings is 1. The summed E-state index contributed by atoms with van der Waals surface area (Å²) in [6.45, 7) is 2.88. The highest BCUT2D eigenvalue weighted by Crippen LogP contribution is 2.40. The van der Waals surface area contributed by atoms with Gasteiger partial charge in [0.05, 0.1) is 52.3 Å².